The third-order valence-electron chi connectivity index (χ3n) is 1.97. The van der Waals surface area contributed by atoms with E-state index < -0.39 is 0 Å². The fourth-order valence-electron chi connectivity index (χ4n) is 1.40. The molecule has 0 bridgehead atoms. The molecule has 0 heterocycles. The van der Waals surface area contributed by atoms with Gasteiger partial charge in [-0.05, 0) is 37.5 Å². The van der Waals surface area contributed by atoms with Crippen LogP contribution in [0.3, 0.4) is 0 Å². The van der Waals surface area contributed by atoms with Gasteiger partial charge in [0.1, 0.15) is 5.75 Å². The van der Waals surface area contributed by atoms with Crippen molar-refractivity contribution in [1.29, 1.82) is 0 Å². The quantitative estimate of drug-likeness (QED) is 0.643. The number of hydrogen-bond acceptors (Lipinski definition) is 1. The minimum atomic E-state index is 0.949. The summed E-state index contributed by atoms with van der Waals surface area (Å²) >= 11 is 0. The summed E-state index contributed by atoms with van der Waals surface area (Å²) in [4.78, 5) is 0. The number of hydrogen-bond donors (Lipinski definition) is 0. The molecule has 1 heteroatoms. The number of rotatable bonds is 3. The lowest BCUT2D eigenvalue weighted by Gasteiger charge is -2.06. The van der Waals surface area contributed by atoms with E-state index in [0.29, 0.717) is 0 Å². The molecule has 13 heavy (non-hydrogen) atoms. The van der Waals surface area contributed by atoms with Crippen LogP contribution in [0.4, 0.5) is 0 Å². The van der Waals surface area contributed by atoms with Gasteiger partial charge in [0.15, 0.2) is 0 Å². The van der Waals surface area contributed by atoms with Crippen LogP contribution >= 0.6 is 0 Å². The summed E-state index contributed by atoms with van der Waals surface area (Å²) in [5.41, 5.74) is 3.66. The predicted octanol–water partition coefficient (Wildman–Crippen LogP) is 3.12. The van der Waals surface area contributed by atoms with Gasteiger partial charge in [-0.25, -0.2) is 0 Å². The third-order valence-corrected chi connectivity index (χ3v) is 1.97. The zero-order valence-corrected chi connectivity index (χ0v) is 8.55. The number of benzene rings is 1. The summed E-state index contributed by atoms with van der Waals surface area (Å²) in [6, 6.07) is 6.24. The normalized spacial score (nSPS) is 9.77. The molecule has 0 unspecified atom stereocenters. The number of allylic oxidation sites excluding steroid dienone is 1. The molecule has 0 radical (unpaired) electrons. The molecule has 0 aliphatic carbocycles. The zero-order chi connectivity index (χ0) is 9.84. The van der Waals surface area contributed by atoms with E-state index in [2.05, 4.69) is 25.6 Å². The van der Waals surface area contributed by atoms with Gasteiger partial charge in [0.25, 0.3) is 0 Å². The van der Waals surface area contributed by atoms with Crippen LogP contribution in [-0.4, -0.2) is 7.11 Å². The molecule has 1 nitrogen and oxygen atoms in total. The summed E-state index contributed by atoms with van der Waals surface area (Å²) in [5, 5.41) is 0. The molecule has 0 aliphatic rings. The summed E-state index contributed by atoms with van der Waals surface area (Å²) < 4.78 is 5.18. The number of methoxy groups -OCH3 is 1. The van der Waals surface area contributed by atoms with Crippen LogP contribution in [0.1, 0.15) is 18.1 Å². The highest BCUT2D eigenvalue weighted by atomic mass is 16.5. The van der Waals surface area contributed by atoms with Gasteiger partial charge < -0.3 is 4.74 Å². The van der Waals surface area contributed by atoms with E-state index in [9.17, 15) is 0 Å². The Balaban J connectivity index is 2.89. The van der Waals surface area contributed by atoms with Crippen molar-refractivity contribution >= 4 is 0 Å². The van der Waals surface area contributed by atoms with E-state index in [1.54, 1.807) is 7.11 Å². The molecule has 1 aromatic rings. The molecule has 0 fully saturated rings. The molecule has 0 amide bonds. The van der Waals surface area contributed by atoms with E-state index in [1.807, 2.05) is 13.0 Å². The average molecular weight is 176 g/mol. The predicted molar refractivity (Wildman–Crippen MR) is 56.2 cm³/mol. The molecule has 0 aromatic heterocycles. The molecule has 1 aromatic carbocycles. The zero-order valence-electron chi connectivity index (χ0n) is 8.55. The molecule has 1 rings (SSSR count). The molecular formula is C12H16O. The molecule has 0 saturated carbocycles. The first-order chi connectivity index (χ1) is 6.13. The fraction of sp³-hybridized carbons (Fsp3) is 0.333. The Hall–Kier alpha value is -1.24. The Morgan fingerprint density at radius 3 is 2.62 bits per heavy atom. The fourth-order valence-corrected chi connectivity index (χ4v) is 1.40. The van der Waals surface area contributed by atoms with E-state index in [0.717, 1.165) is 12.2 Å². The van der Waals surface area contributed by atoms with Gasteiger partial charge in [0, 0.05) is 0 Å². The van der Waals surface area contributed by atoms with Crippen molar-refractivity contribution in [2.24, 2.45) is 0 Å². The first-order valence-electron chi connectivity index (χ1n) is 4.41. The van der Waals surface area contributed by atoms with Crippen molar-refractivity contribution in [3.05, 3.63) is 41.5 Å². The van der Waals surface area contributed by atoms with Crippen LogP contribution in [-0.2, 0) is 6.42 Å². The maximum Gasteiger partial charge on any atom is 0.121 e. The van der Waals surface area contributed by atoms with Crippen LogP contribution in [0.15, 0.2) is 30.4 Å². The summed E-state index contributed by atoms with van der Waals surface area (Å²) in [6.45, 7) is 7.99. The number of aryl methyl sites for hydroxylation is 1. The van der Waals surface area contributed by atoms with Gasteiger partial charge >= 0.3 is 0 Å². The molecule has 0 N–H and O–H groups in total. The van der Waals surface area contributed by atoms with Crippen LogP contribution in [0, 0.1) is 6.92 Å². The van der Waals surface area contributed by atoms with E-state index in [4.69, 9.17) is 4.74 Å². The van der Waals surface area contributed by atoms with Gasteiger partial charge in [-0.1, -0.05) is 24.3 Å². The van der Waals surface area contributed by atoms with Crippen molar-refractivity contribution < 1.29 is 4.74 Å². The maximum atomic E-state index is 5.18. The van der Waals surface area contributed by atoms with Gasteiger partial charge in [-0.15, -0.1) is 0 Å². The second-order valence-electron chi connectivity index (χ2n) is 3.44. The van der Waals surface area contributed by atoms with E-state index in [1.165, 1.54) is 16.7 Å². The SMILES string of the molecule is C=C(C)Cc1ccc(OC)c(C)c1. The largest absolute Gasteiger partial charge is 0.496 e. The molecule has 0 aliphatic heterocycles. The Labute approximate surface area is 80.0 Å². The lowest BCUT2D eigenvalue weighted by molar-refractivity contribution is 0.411. The highest BCUT2D eigenvalue weighted by molar-refractivity contribution is 5.37. The minimum absolute atomic E-state index is 0.949. The van der Waals surface area contributed by atoms with Crippen molar-refractivity contribution in [2.75, 3.05) is 7.11 Å². The Morgan fingerprint density at radius 2 is 2.15 bits per heavy atom. The van der Waals surface area contributed by atoms with Gasteiger partial charge in [-0.3, -0.25) is 0 Å². The third kappa shape index (κ3) is 2.62. The lowest BCUT2D eigenvalue weighted by Crippen LogP contribution is -1.90. The molecule has 0 spiro atoms. The van der Waals surface area contributed by atoms with Crippen molar-refractivity contribution in [1.82, 2.24) is 0 Å². The van der Waals surface area contributed by atoms with Crippen LogP contribution in [0.25, 0.3) is 0 Å². The molecule has 0 saturated heterocycles. The summed E-state index contributed by atoms with van der Waals surface area (Å²) in [5.74, 6) is 0.950. The standard InChI is InChI=1S/C12H16O/c1-9(2)7-11-5-6-12(13-4)10(3)8-11/h5-6,8H,1,7H2,2-4H3. The summed E-state index contributed by atoms with van der Waals surface area (Å²) in [6.07, 6.45) is 0.949. The molecular weight excluding hydrogens is 160 g/mol. The topological polar surface area (TPSA) is 9.23 Å². The first kappa shape index (κ1) is 9.85. The Kier molecular flexibility index (Phi) is 3.13. The smallest absolute Gasteiger partial charge is 0.121 e. The Morgan fingerprint density at radius 1 is 1.46 bits per heavy atom. The second-order valence-corrected chi connectivity index (χ2v) is 3.44. The highest BCUT2D eigenvalue weighted by Gasteiger charge is 1.99. The van der Waals surface area contributed by atoms with E-state index in [-0.39, 0.29) is 0 Å². The monoisotopic (exact) mass is 176 g/mol. The maximum absolute atomic E-state index is 5.18. The van der Waals surface area contributed by atoms with Crippen molar-refractivity contribution in [3.8, 4) is 5.75 Å². The molecule has 70 valence electrons. The average Bonchev–Trinajstić information content (AvgIpc) is 2.03. The molecule has 0 atom stereocenters. The van der Waals surface area contributed by atoms with Gasteiger partial charge in [0.05, 0.1) is 7.11 Å². The van der Waals surface area contributed by atoms with Crippen molar-refractivity contribution in [2.45, 2.75) is 20.3 Å². The van der Waals surface area contributed by atoms with E-state index >= 15 is 0 Å². The highest BCUT2D eigenvalue weighted by Crippen LogP contribution is 2.19. The van der Waals surface area contributed by atoms with Crippen LogP contribution in [0.2, 0.25) is 0 Å². The van der Waals surface area contributed by atoms with Crippen LogP contribution in [0.5, 0.6) is 5.75 Å². The van der Waals surface area contributed by atoms with Gasteiger partial charge in [-0.2, -0.15) is 0 Å². The second kappa shape index (κ2) is 4.13. The lowest BCUT2D eigenvalue weighted by atomic mass is 10.0. The van der Waals surface area contributed by atoms with Crippen molar-refractivity contribution in [3.63, 3.8) is 0 Å². The number of ether oxygens (including phenoxy) is 1. The Bertz CT molecular complexity index is 313. The minimum Gasteiger partial charge on any atom is -0.496 e. The summed E-state index contributed by atoms with van der Waals surface area (Å²) in [7, 11) is 1.70. The van der Waals surface area contributed by atoms with Crippen LogP contribution < -0.4 is 4.74 Å². The first-order valence-corrected chi connectivity index (χ1v) is 4.41. The van der Waals surface area contributed by atoms with Gasteiger partial charge in [0.2, 0.25) is 0 Å².